The van der Waals surface area contributed by atoms with E-state index in [1.807, 2.05) is 13.8 Å². The third-order valence-corrected chi connectivity index (χ3v) is 2.62. The van der Waals surface area contributed by atoms with E-state index in [0.29, 0.717) is 0 Å². The topological polar surface area (TPSA) is 72.8 Å². The van der Waals surface area contributed by atoms with Gasteiger partial charge in [0, 0.05) is 5.41 Å². The van der Waals surface area contributed by atoms with Crippen LogP contribution < -0.4 is 0 Å². The maximum absolute atomic E-state index is 11.7. The van der Waals surface area contributed by atoms with Crippen molar-refractivity contribution in [1.29, 1.82) is 0 Å². The fourth-order valence-corrected chi connectivity index (χ4v) is 0.996. The van der Waals surface area contributed by atoms with E-state index in [0.717, 1.165) is 0 Å². The molecule has 0 aliphatic rings. The van der Waals surface area contributed by atoms with Gasteiger partial charge in [0.15, 0.2) is 0 Å². The second kappa shape index (κ2) is 6.89. The zero-order valence-corrected chi connectivity index (χ0v) is 12.8. The monoisotopic (exact) mass is 274 g/mol. The predicted octanol–water partition coefficient (Wildman–Crippen LogP) is 1.77. The quantitative estimate of drug-likeness (QED) is 0.716. The van der Waals surface area contributed by atoms with Crippen molar-refractivity contribution in [3.05, 3.63) is 0 Å². The van der Waals surface area contributed by atoms with E-state index in [1.165, 1.54) is 0 Å². The van der Waals surface area contributed by atoms with E-state index in [4.69, 9.17) is 14.6 Å². The van der Waals surface area contributed by atoms with Crippen LogP contribution in [0.4, 0.5) is 0 Å². The Kier molecular flexibility index (Phi) is 6.49. The summed E-state index contributed by atoms with van der Waals surface area (Å²) in [6.07, 6.45) is 0. The van der Waals surface area contributed by atoms with Crippen LogP contribution in [0.2, 0.25) is 0 Å². The van der Waals surface area contributed by atoms with Gasteiger partial charge in [-0.15, -0.1) is 0 Å². The number of hydrogen-bond donors (Lipinski definition) is 1. The first-order valence-corrected chi connectivity index (χ1v) is 6.46. The van der Waals surface area contributed by atoms with Gasteiger partial charge in [-0.05, 0) is 13.8 Å². The van der Waals surface area contributed by atoms with Crippen LogP contribution in [0.5, 0.6) is 0 Å². The van der Waals surface area contributed by atoms with Crippen LogP contribution in [0.15, 0.2) is 0 Å². The Bertz CT molecular complexity index is 318. The maximum atomic E-state index is 11.7. The highest BCUT2D eigenvalue weighted by atomic mass is 16.5. The highest BCUT2D eigenvalue weighted by molar-refractivity contribution is 5.76. The van der Waals surface area contributed by atoms with Crippen molar-refractivity contribution in [3.8, 4) is 0 Å². The minimum absolute atomic E-state index is 0.140. The molecule has 0 aliphatic carbocycles. The lowest BCUT2D eigenvalue weighted by Crippen LogP contribution is -2.35. The number of rotatable bonds is 7. The Balaban J connectivity index is 4.24. The van der Waals surface area contributed by atoms with Gasteiger partial charge in [0.25, 0.3) is 0 Å². The lowest BCUT2D eigenvalue weighted by atomic mass is 9.94. The predicted molar refractivity (Wildman–Crippen MR) is 71.4 cm³/mol. The number of aliphatic hydroxyl groups is 1. The summed E-state index contributed by atoms with van der Waals surface area (Å²) in [5.41, 5.74) is -1.36. The van der Waals surface area contributed by atoms with Gasteiger partial charge in [-0.2, -0.15) is 0 Å². The normalized spacial score (nSPS) is 12.4. The van der Waals surface area contributed by atoms with Crippen LogP contribution in [-0.4, -0.2) is 36.9 Å². The summed E-state index contributed by atoms with van der Waals surface area (Å²) in [6.45, 7) is 10.5. The van der Waals surface area contributed by atoms with Crippen molar-refractivity contribution in [3.63, 3.8) is 0 Å². The molecule has 0 bridgehead atoms. The molecule has 112 valence electrons. The summed E-state index contributed by atoms with van der Waals surface area (Å²) in [5, 5.41) is 9.06. The van der Waals surface area contributed by atoms with Crippen LogP contribution in [0.1, 0.15) is 41.5 Å². The van der Waals surface area contributed by atoms with Crippen molar-refractivity contribution in [2.75, 3.05) is 19.8 Å². The molecule has 0 aromatic heterocycles. The molecule has 0 radical (unpaired) electrons. The number of hydrogen-bond acceptors (Lipinski definition) is 5. The number of aliphatic hydroxyl groups excluding tert-OH is 1. The Morgan fingerprint density at radius 1 is 1.05 bits per heavy atom. The van der Waals surface area contributed by atoms with Gasteiger partial charge >= 0.3 is 11.9 Å². The summed E-state index contributed by atoms with van der Waals surface area (Å²) in [4.78, 5) is 23.1. The van der Waals surface area contributed by atoms with Crippen molar-refractivity contribution < 1.29 is 24.2 Å². The molecule has 0 rings (SSSR count). The first kappa shape index (κ1) is 17.9. The van der Waals surface area contributed by atoms with Crippen LogP contribution in [-0.2, 0) is 19.1 Å². The first-order valence-electron chi connectivity index (χ1n) is 6.46. The summed E-state index contributed by atoms with van der Waals surface area (Å²) < 4.78 is 10.3. The number of carbonyl (C=O) groups excluding carboxylic acids is 2. The molecule has 0 atom stereocenters. The average Bonchev–Trinajstić information content (AvgIpc) is 2.32. The van der Waals surface area contributed by atoms with Crippen LogP contribution in [0.3, 0.4) is 0 Å². The minimum Gasteiger partial charge on any atom is -0.465 e. The standard InChI is InChI=1S/C14H26O5/c1-10(2)11(16)18-8-13(3,4)9-19-12(17)14(5,6)7-15/h10,15H,7-9H2,1-6H3. The van der Waals surface area contributed by atoms with E-state index in [9.17, 15) is 9.59 Å². The van der Waals surface area contributed by atoms with Gasteiger partial charge in [0.2, 0.25) is 0 Å². The minimum atomic E-state index is -0.912. The molecule has 0 aliphatic heterocycles. The average molecular weight is 274 g/mol. The van der Waals surface area contributed by atoms with Gasteiger partial charge in [-0.3, -0.25) is 9.59 Å². The number of carbonyl (C=O) groups is 2. The molecule has 0 heterocycles. The van der Waals surface area contributed by atoms with Gasteiger partial charge in [0.1, 0.15) is 0 Å². The Morgan fingerprint density at radius 2 is 1.53 bits per heavy atom. The molecule has 0 spiro atoms. The zero-order valence-electron chi connectivity index (χ0n) is 12.8. The molecular formula is C14H26O5. The highest BCUT2D eigenvalue weighted by Gasteiger charge is 2.31. The fraction of sp³-hybridized carbons (Fsp3) is 0.857. The second-order valence-electron chi connectivity index (χ2n) is 6.54. The molecule has 5 nitrogen and oxygen atoms in total. The molecule has 0 fully saturated rings. The van der Waals surface area contributed by atoms with Crippen molar-refractivity contribution in [1.82, 2.24) is 0 Å². The van der Waals surface area contributed by atoms with Crippen LogP contribution >= 0.6 is 0 Å². The Hall–Kier alpha value is -1.10. The van der Waals surface area contributed by atoms with Crippen molar-refractivity contribution in [2.45, 2.75) is 41.5 Å². The van der Waals surface area contributed by atoms with Gasteiger partial charge < -0.3 is 14.6 Å². The van der Waals surface area contributed by atoms with Crippen molar-refractivity contribution in [2.24, 2.45) is 16.7 Å². The molecule has 19 heavy (non-hydrogen) atoms. The molecule has 0 aromatic carbocycles. The second-order valence-corrected chi connectivity index (χ2v) is 6.54. The Labute approximate surface area is 115 Å². The SMILES string of the molecule is CC(C)C(=O)OCC(C)(C)COC(=O)C(C)(C)CO. The summed E-state index contributed by atoms with van der Waals surface area (Å²) in [5.74, 6) is -0.903. The molecule has 0 amide bonds. The lowest BCUT2D eigenvalue weighted by molar-refractivity contribution is -0.162. The molecule has 0 saturated heterocycles. The fourth-order valence-electron chi connectivity index (χ4n) is 0.996. The molecule has 1 N–H and O–H groups in total. The van der Waals surface area contributed by atoms with E-state index in [-0.39, 0.29) is 31.7 Å². The smallest absolute Gasteiger partial charge is 0.313 e. The number of esters is 2. The number of ether oxygens (including phenoxy) is 2. The van der Waals surface area contributed by atoms with Gasteiger partial charge in [0.05, 0.1) is 31.2 Å². The zero-order chi connectivity index (χ0) is 15.3. The molecule has 0 aromatic rings. The van der Waals surface area contributed by atoms with Crippen LogP contribution in [0, 0.1) is 16.7 Å². The van der Waals surface area contributed by atoms with E-state index >= 15 is 0 Å². The van der Waals surface area contributed by atoms with Gasteiger partial charge in [-0.25, -0.2) is 0 Å². The lowest BCUT2D eigenvalue weighted by Gasteiger charge is -2.27. The Morgan fingerprint density at radius 3 is 1.95 bits per heavy atom. The first-order chi connectivity index (χ1) is 8.52. The summed E-state index contributed by atoms with van der Waals surface area (Å²) in [7, 11) is 0. The largest absolute Gasteiger partial charge is 0.465 e. The van der Waals surface area contributed by atoms with Crippen molar-refractivity contribution >= 4 is 11.9 Å². The third-order valence-electron chi connectivity index (χ3n) is 2.62. The van der Waals surface area contributed by atoms with E-state index < -0.39 is 16.8 Å². The maximum Gasteiger partial charge on any atom is 0.313 e. The van der Waals surface area contributed by atoms with E-state index in [1.54, 1.807) is 27.7 Å². The van der Waals surface area contributed by atoms with Crippen LogP contribution in [0.25, 0.3) is 0 Å². The molecule has 0 unspecified atom stereocenters. The molecular weight excluding hydrogens is 248 g/mol. The van der Waals surface area contributed by atoms with Gasteiger partial charge in [-0.1, -0.05) is 27.7 Å². The summed E-state index contributed by atoms with van der Waals surface area (Å²) >= 11 is 0. The third kappa shape index (κ3) is 6.57. The molecule has 0 saturated carbocycles. The molecule has 5 heteroatoms. The highest BCUT2D eigenvalue weighted by Crippen LogP contribution is 2.21. The summed E-state index contributed by atoms with van der Waals surface area (Å²) in [6, 6.07) is 0. The van der Waals surface area contributed by atoms with E-state index in [2.05, 4.69) is 0 Å².